The van der Waals surface area contributed by atoms with E-state index in [1.807, 2.05) is 0 Å². The van der Waals surface area contributed by atoms with Gasteiger partial charge in [-0.2, -0.15) is 0 Å². The van der Waals surface area contributed by atoms with Crippen LogP contribution in [0.3, 0.4) is 0 Å². The monoisotopic (exact) mass is 261 g/mol. The van der Waals surface area contributed by atoms with Crippen LogP contribution < -0.4 is 5.32 Å². The summed E-state index contributed by atoms with van der Waals surface area (Å²) in [6.07, 6.45) is 2.47. The Bertz CT molecular complexity index is 398. The predicted octanol–water partition coefficient (Wildman–Crippen LogP) is 3.69. The molecule has 1 heterocycles. The van der Waals surface area contributed by atoms with Crippen LogP contribution in [0.4, 0.5) is 0 Å². The summed E-state index contributed by atoms with van der Waals surface area (Å²) in [5, 5.41) is 3.67. The number of aryl methyl sites for hydroxylation is 3. The van der Waals surface area contributed by atoms with E-state index in [0.717, 1.165) is 25.7 Å². The molecule has 0 spiro atoms. The van der Waals surface area contributed by atoms with Crippen molar-refractivity contribution in [1.29, 1.82) is 0 Å². The molecule has 1 fully saturated rings. The van der Waals surface area contributed by atoms with Gasteiger partial charge in [0.15, 0.2) is 0 Å². The van der Waals surface area contributed by atoms with E-state index >= 15 is 0 Å². The van der Waals surface area contributed by atoms with E-state index in [1.54, 1.807) is 0 Å². The number of nitrogens with one attached hydrogen (secondary N) is 1. The maximum absolute atomic E-state index is 5.42. The highest BCUT2D eigenvalue weighted by Crippen LogP contribution is 2.23. The molecule has 1 N–H and O–H groups in total. The van der Waals surface area contributed by atoms with Crippen LogP contribution in [0, 0.1) is 26.7 Å². The first-order valence-corrected chi connectivity index (χ1v) is 7.47. The summed E-state index contributed by atoms with van der Waals surface area (Å²) in [4.78, 5) is 0. The van der Waals surface area contributed by atoms with Gasteiger partial charge in [-0.3, -0.25) is 0 Å². The van der Waals surface area contributed by atoms with E-state index in [1.165, 1.54) is 35.1 Å². The minimum absolute atomic E-state index is 0.433. The number of ether oxygens (including phenoxy) is 1. The first-order chi connectivity index (χ1) is 9.08. The molecule has 2 atom stereocenters. The fraction of sp³-hybridized carbons (Fsp3) is 0.647. The van der Waals surface area contributed by atoms with Crippen molar-refractivity contribution in [2.75, 3.05) is 19.8 Å². The van der Waals surface area contributed by atoms with Crippen molar-refractivity contribution >= 4 is 0 Å². The Morgan fingerprint density at radius 1 is 1.26 bits per heavy atom. The Labute approximate surface area is 117 Å². The highest BCUT2D eigenvalue weighted by atomic mass is 16.5. The second-order valence-corrected chi connectivity index (χ2v) is 6.01. The van der Waals surface area contributed by atoms with Gasteiger partial charge in [0.1, 0.15) is 0 Å². The molecule has 0 aliphatic carbocycles. The Kier molecular flexibility index (Phi) is 5.00. The third-order valence-electron chi connectivity index (χ3n) is 4.20. The van der Waals surface area contributed by atoms with Crippen molar-refractivity contribution in [1.82, 2.24) is 5.32 Å². The summed E-state index contributed by atoms with van der Waals surface area (Å²) in [5.41, 5.74) is 5.63. The summed E-state index contributed by atoms with van der Waals surface area (Å²) in [5.74, 6) is 0.764. The van der Waals surface area contributed by atoms with Crippen molar-refractivity contribution in [3.8, 4) is 0 Å². The van der Waals surface area contributed by atoms with Crippen LogP contribution in [0.5, 0.6) is 0 Å². The van der Waals surface area contributed by atoms with Gasteiger partial charge in [-0.25, -0.2) is 0 Å². The van der Waals surface area contributed by atoms with Gasteiger partial charge in [0.05, 0.1) is 0 Å². The molecule has 1 aromatic rings. The van der Waals surface area contributed by atoms with Crippen LogP contribution in [0.15, 0.2) is 12.1 Å². The molecule has 19 heavy (non-hydrogen) atoms. The zero-order valence-electron chi connectivity index (χ0n) is 12.8. The van der Waals surface area contributed by atoms with Crippen LogP contribution in [0.2, 0.25) is 0 Å². The first-order valence-electron chi connectivity index (χ1n) is 7.47. The van der Waals surface area contributed by atoms with Crippen molar-refractivity contribution in [2.45, 2.75) is 46.6 Å². The molecule has 1 aliphatic rings. The molecule has 1 saturated heterocycles. The van der Waals surface area contributed by atoms with Crippen molar-refractivity contribution in [2.24, 2.45) is 5.92 Å². The predicted molar refractivity (Wildman–Crippen MR) is 80.6 cm³/mol. The molecule has 2 rings (SSSR count). The van der Waals surface area contributed by atoms with Crippen LogP contribution in [-0.4, -0.2) is 19.8 Å². The lowest BCUT2D eigenvalue weighted by Gasteiger charge is -2.20. The highest BCUT2D eigenvalue weighted by molar-refractivity contribution is 5.39. The number of hydrogen-bond acceptors (Lipinski definition) is 2. The van der Waals surface area contributed by atoms with Gasteiger partial charge in [-0.1, -0.05) is 17.7 Å². The van der Waals surface area contributed by atoms with E-state index in [2.05, 4.69) is 45.1 Å². The van der Waals surface area contributed by atoms with Crippen LogP contribution >= 0.6 is 0 Å². The molecule has 106 valence electrons. The summed E-state index contributed by atoms with van der Waals surface area (Å²) in [7, 11) is 0. The zero-order chi connectivity index (χ0) is 13.8. The molecular formula is C17H27NO. The summed E-state index contributed by atoms with van der Waals surface area (Å²) >= 11 is 0. The minimum atomic E-state index is 0.433. The van der Waals surface area contributed by atoms with E-state index in [0.29, 0.717) is 6.04 Å². The quantitative estimate of drug-likeness (QED) is 0.873. The molecular weight excluding hydrogens is 234 g/mol. The van der Waals surface area contributed by atoms with Crippen LogP contribution in [0.1, 0.15) is 48.1 Å². The van der Waals surface area contributed by atoms with E-state index in [4.69, 9.17) is 4.74 Å². The molecule has 0 radical (unpaired) electrons. The van der Waals surface area contributed by atoms with Gasteiger partial charge in [0.2, 0.25) is 0 Å². The maximum atomic E-state index is 5.42. The second kappa shape index (κ2) is 6.53. The summed E-state index contributed by atoms with van der Waals surface area (Å²) < 4.78 is 5.42. The topological polar surface area (TPSA) is 21.3 Å². The molecule has 0 aromatic heterocycles. The molecule has 2 unspecified atom stereocenters. The van der Waals surface area contributed by atoms with Crippen molar-refractivity contribution in [3.05, 3.63) is 34.4 Å². The Morgan fingerprint density at radius 2 is 1.95 bits per heavy atom. The molecule has 0 saturated carbocycles. The zero-order valence-corrected chi connectivity index (χ0v) is 12.8. The fourth-order valence-electron chi connectivity index (χ4n) is 3.29. The number of benzene rings is 1. The van der Waals surface area contributed by atoms with Crippen LogP contribution in [-0.2, 0) is 4.74 Å². The normalized spacial score (nSPS) is 20.7. The number of hydrogen-bond donors (Lipinski definition) is 1. The fourth-order valence-corrected chi connectivity index (χ4v) is 3.29. The van der Waals surface area contributed by atoms with E-state index < -0.39 is 0 Å². The Morgan fingerprint density at radius 3 is 2.53 bits per heavy atom. The standard InChI is InChI=1S/C17H27NO/c1-12-9-13(2)17(14(3)10-12)15(4)18-7-5-16-6-8-19-11-16/h9-10,15-16,18H,5-8,11H2,1-4H3. The maximum Gasteiger partial charge on any atom is 0.0495 e. The average molecular weight is 261 g/mol. The first kappa shape index (κ1) is 14.5. The van der Waals surface area contributed by atoms with Gasteiger partial charge in [0.25, 0.3) is 0 Å². The largest absolute Gasteiger partial charge is 0.381 e. The highest BCUT2D eigenvalue weighted by Gasteiger charge is 2.16. The number of rotatable bonds is 5. The minimum Gasteiger partial charge on any atom is -0.381 e. The molecule has 2 nitrogen and oxygen atoms in total. The van der Waals surface area contributed by atoms with Crippen molar-refractivity contribution in [3.63, 3.8) is 0 Å². The van der Waals surface area contributed by atoms with Crippen molar-refractivity contribution < 1.29 is 4.74 Å². The lowest BCUT2D eigenvalue weighted by molar-refractivity contribution is 0.184. The van der Waals surface area contributed by atoms with Crippen LogP contribution in [0.25, 0.3) is 0 Å². The summed E-state index contributed by atoms with van der Waals surface area (Å²) in [6, 6.07) is 5.00. The van der Waals surface area contributed by atoms with Gasteiger partial charge in [-0.05, 0) is 69.7 Å². The second-order valence-electron chi connectivity index (χ2n) is 6.01. The van der Waals surface area contributed by atoms with Gasteiger partial charge in [0, 0.05) is 19.3 Å². The molecule has 0 amide bonds. The molecule has 1 aliphatic heterocycles. The SMILES string of the molecule is Cc1cc(C)c(C(C)NCCC2CCOC2)c(C)c1. The third-order valence-corrected chi connectivity index (χ3v) is 4.20. The van der Waals surface area contributed by atoms with Gasteiger partial charge >= 0.3 is 0 Å². The molecule has 2 heteroatoms. The lowest BCUT2D eigenvalue weighted by Crippen LogP contribution is -2.23. The lowest BCUT2D eigenvalue weighted by atomic mass is 9.94. The smallest absolute Gasteiger partial charge is 0.0495 e. The van der Waals surface area contributed by atoms with E-state index in [-0.39, 0.29) is 0 Å². The van der Waals surface area contributed by atoms with E-state index in [9.17, 15) is 0 Å². The van der Waals surface area contributed by atoms with Gasteiger partial charge in [-0.15, -0.1) is 0 Å². The summed E-state index contributed by atoms with van der Waals surface area (Å²) in [6.45, 7) is 11.9. The third kappa shape index (κ3) is 3.80. The Balaban J connectivity index is 1.90. The molecule has 0 bridgehead atoms. The average Bonchev–Trinajstić information content (AvgIpc) is 2.80. The molecule has 1 aromatic carbocycles. The Hall–Kier alpha value is -0.860. The van der Waals surface area contributed by atoms with Gasteiger partial charge < -0.3 is 10.1 Å².